The van der Waals surface area contributed by atoms with E-state index in [-0.39, 0.29) is 12.4 Å². The molecule has 22 heavy (non-hydrogen) atoms. The highest BCUT2D eigenvalue weighted by Crippen LogP contribution is 2.15. The molecule has 0 spiro atoms. The first-order valence-corrected chi connectivity index (χ1v) is 7.19. The average molecular weight is 322 g/mol. The summed E-state index contributed by atoms with van der Waals surface area (Å²) in [6.07, 6.45) is 0. The van der Waals surface area contributed by atoms with Crippen LogP contribution in [-0.4, -0.2) is 30.1 Å². The van der Waals surface area contributed by atoms with E-state index in [9.17, 15) is 0 Å². The molecule has 0 unspecified atom stereocenters. The molecule has 4 nitrogen and oxygen atoms in total. The Morgan fingerprint density at radius 1 is 1.14 bits per heavy atom. The molecule has 0 aliphatic heterocycles. The second-order valence-electron chi connectivity index (χ2n) is 5.12. The molecular weight excluding hydrogens is 298 g/mol. The molecule has 1 aromatic carbocycles. The van der Waals surface area contributed by atoms with Gasteiger partial charge in [-0.25, -0.2) is 0 Å². The zero-order valence-corrected chi connectivity index (χ0v) is 14.0. The number of pyridine rings is 1. The summed E-state index contributed by atoms with van der Waals surface area (Å²) in [6.45, 7) is 5.10. The molecule has 120 valence electrons. The minimum absolute atomic E-state index is 0. The fourth-order valence-corrected chi connectivity index (χ4v) is 2.37. The van der Waals surface area contributed by atoms with Crippen LogP contribution in [0.5, 0.6) is 5.75 Å². The summed E-state index contributed by atoms with van der Waals surface area (Å²) in [5.74, 6) is 0.852. The third-order valence-corrected chi connectivity index (χ3v) is 3.30. The van der Waals surface area contributed by atoms with Gasteiger partial charge in [-0.1, -0.05) is 30.3 Å². The first kappa shape index (κ1) is 18.4. The second kappa shape index (κ2) is 9.41. The second-order valence-corrected chi connectivity index (χ2v) is 5.12. The highest BCUT2D eigenvalue weighted by molar-refractivity contribution is 5.85. The highest BCUT2D eigenvalue weighted by atomic mass is 35.5. The van der Waals surface area contributed by atoms with Crippen LogP contribution in [0.1, 0.15) is 17.0 Å². The van der Waals surface area contributed by atoms with E-state index in [1.54, 1.807) is 7.11 Å². The smallest absolute Gasteiger partial charge is 0.122 e. The largest absolute Gasteiger partial charge is 0.497 e. The van der Waals surface area contributed by atoms with Gasteiger partial charge in [-0.05, 0) is 12.5 Å². The Morgan fingerprint density at radius 3 is 2.50 bits per heavy atom. The Kier molecular flexibility index (Phi) is 7.88. The molecule has 1 heterocycles. The van der Waals surface area contributed by atoms with E-state index >= 15 is 0 Å². The number of aryl methyl sites for hydroxylation is 1. The van der Waals surface area contributed by atoms with Gasteiger partial charge in [0.25, 0.3) is 0 Å². The Morgan fingerprint density at radius 2 is 1.86 bits per heavy atom. The van der Waals surface area contributed by atoms with Gasteiger partial charge in [0.15, 0.2) is 0 Å². The van der Waals surface area contributed by atoms with Crippen molar-refractivity contribution in [3.63, 3.8) is 0 Å². The molecule has 0 radical (unpaired) electrons. The van der Waals surface area contributed by atoms with Gasteiger partial charge >= 0.3 is 0 Å². The first-order valence-electron chi connectivity index (χ1n) is 7.19. The Labute approximate surface area is 138 Å². The number of methoxy groups -OCH3 is 1. The van der Waals surface area contributed by atoms with Crippen molar-refractivity contribution in [2.45, 2.75) is 20.0 Å². The number of nitrogens with zero attached hydrogens (tertiary/aromatic N) is 2. The lowest BCUT2D eigenvalue weighted by Gasteiger charge is -2.21. The quantitative estimate of drug-likeness (QED) is 0.852. The molecule has 0 fully saturated rings. The third kappa shape index (κ3) is 5.64. The predicted octanol–water partition coefficient (Wildman–Crippen LogP) is 2.78. The molecule has 0 saturated carbocycles. The molecule has 2 N–H and O–H groups in total. The number of nitrogens with two attached hydrogens (primary N) is 1. The lowest BCUT2D eigenvalue weighted by Crippen LogP contribution is -2.29. The molecular formula is C17H24ClN3O. The van der Waals surface area contributed by atoms with Gasteiger partial charge in [-0.2, -0.15) is 0 Å². The third-order valence-electron chi connectivity index (χ3n) is 3.30. The zero-order valence-electron chi connectivity index (χ0n) is 13.2. The number of ether oxygens (including phenoxy) is 1. The van der Waals surface area contributed by atoms with Gasteiger partial charge < -0.3 is 10.5 Å². The fraction of sp³-hybridized carbons (Fsp3) is 0.353. The van der Waals surface area contributed by atoms with Gasteiger partial charge in [0.1, 0.15) is 5.75 Å². The topological polar surface area (TPSA) is 51.4 Å². The maximum absolute atomic E-state index is 5.74. The van der Waals surface area contributed by atoms with Crippen molar-refractivity contribution in [1.29, 1.82) is 0 Å². The van der Waals surface area contributed by atoms with Crippen LogP contribution in [0.25, 0.3) is 0 Å². The molecule has 0 aliphatic rings. The number of rotatable bonds is 7. The summed E-state index contributed by atoms with van der Waals surface area (Å²) < 4.78 is 5.31. The van der Waals surface area contributed by atoms with E-state index in [4.69, 9.17) is 10.5 Å². The van der Waals surface area contributed by atoms with Crippen LogP contribution >= 0.6 is 12.4 Å². The lowest BCUT2D eigenvalue weighted by atomic mass is 10.2. The van der Waals surface area contributed by atoms with Crippen LogP contribution < -0.4 is 10.5 Å². The van der Waals surface area contributed by atoms with E-state index in [0.717, 1.165) is 36.8 Å². The van der Waals surface area contributed by atoms with Gasteiger partial charge in [0.2, 0.25) is 0 Å². The van der Waals surface area contributed by atoms with Crippen molar-refractivity contribution >= 4 is 12.4 Å². The van der Waals surface area contributed by atoms with E-state index in [2.05, 4.69) is 34.1 Å². The maximum Gasteiger partial charge on any atom is 0.122 e. The lowest BCUT2D eigenvalue weighted by molar-refractivity contribution is 0.260. The van der Waals surface area contributed by atoms with Crippen LogP contribution in [0, 0.1) is 6.92 Å². The summed E-state index contributed by atoms with van der Waals surface area (Å²) >= 11 is 0. The Hall–Kier alpha value is -1.62. The van der Waals surface area contributed by atoms with Crippen molar-refractivity contribution in [3.05, 3.63) is 59.4 Å². The highest BCUT2D eigenvalue weighted by Gasteiger charge is 2.09. The minimum atomic E-state index is 0. The summed E-state index contributed by atoms with van der Waals surface area (Å²) in [5.41, 5.74) is 9.00. The molecule has 0 amide bonds. The van der Waals surface area contributed by atoms with Crippen molar-refractivity contribution < 1.29 is 4.74 Å². The number of benzene rings is 1. The normalized spacial score (nSPS) is 10.4. The molecule has 0 saturated heterocycles. The van der Waals surface area contributed by atoms with Crippen molar-refractivity contribution in [2.75, 3.05) is 20.2 Å². The standard InChI is InChI=1S/C17H23N3O.ClH/c1-14-10-17(21-2)11-16(19-14)13-20(9-8-18)12-15-6-4-3-5-7-15;/h3-7,10-11H,8-9,12-13,18H2,1-2H3;1H. The van der Waals surface area contributed by atoms with Crippen molar-refractivity contribution in [2.24, 2.45) is 5.73 Å². The van der Waals surface area contributed by atoms with Gasteiger partial charge in [-0.15, -0.1) is 12.4 Å². The Balaban J connectivity index is 0.00000242. The number of aromatic nitrogens is 1. The Bertz CT molecular complexity index is 563. The molecule has 0 atom stereocenters. The predicted molar refractivity (Wildman–Crippen MR) is 92.4 cm³/mol. The first-order chi connectivity index (χ1) is 10.2. The van der Waals surface area contributed by atoms with E-state index in [1.807, 2.05) is 25.1 Å². The molecule has 1 aromatic heterocycles. The summed E-state index contributed by atoms with van der Waals surface area (Å²) in [5, 5.41) is 0. The van der Waals surface area contributed by atoms with Crippen LogP contribution in [-0.2, 0) is 13.1 Å². The number of halogens is 1. The van der Waals surface area contributed by atoms with Crippen molar-refractivity contribution in [3.8, 4) is 5.75 Å². The van der Waals surface area contributed by atoms with Crippen molar-refractivity contribution in [1.82, 2.24) is 9.88 Å². The SMILES string of the molecule is COc1cc(C)nc(CN(CCN)Cc2ccccc2)c1.Cl. The average Bonchev–Trinajstić information content (AvgIpc) is 2.48. The van der Waals surface area contributed by atoms with Gasteiger partial charge in [0.05, 0.1) is 12.8 Å². The van der Waals surface area contributed by atoms with E-state index < -0.39 is 0 Å². The van der Waals surface area contributed by atoms with Gasteiger partial charge in [0, 0.05) is 44.0 Å². The van der Waals surface area contributed by atoms with Gasteiger partial charge in [-0.3, -0.25) is 9.88 Å². The summed E-state index contributed by atoms with van der Waals surface area (Å²) in [6, 6.07) is 14.3. The van der Waals surface area contributed by atoms with E-state index in [0.29, 0.717) is 6.54 Å². The maximum atomic E-state index is 5.74. The molecule has 2 aromatic rings. The number of hydrogen-bond acceptors (Lipinski definition) is 4. The van der Waals surface area contributed by atoms with Crippen LogP contribution in [0.4, 0.5) is 0 Å². The van der Waals surface area contributed by atoms with Crippen LogP contribution in [0.3, 0.4) is 0 Å². The fourth-order valence-electron chi connectivity index (χ4n) is 2.37. The summed E-state index contributed by atoms with van der Waals surface area (Å²) in [7, 11) is 1.68. The minimum Gasteiger partial charge on any atom is -0.497 e. The van der Waals surface area contributed by atoms with Crippen LogP contribution in [0.15, 0.2) is 42.5 Å². The van der Waals surface area contributed by atoms with Crippen LogP contribution in [0.2, 0.25) is 0 Å². The molecule has 0 aliphatic carbocycles. The zero-order chi connectivity index (χ0) is 15.1. The number of hydrogen-bond donors (Lipinski definition) is 1. The molecule has 2 rings (SSSR count). The van der Waals surface area contributed by atoms with E-state index in [1.165, 1.54) is 5.56 Å². The summed E-state index contributed by atoms with van der Waals surface area (Å²) in [4.78, 5) is 6.89. The molecule has 5 heteroatoms. The molecule has 0 bridgehead atoms. The monoisotopic (exact) mass is 321 g/mol.